The number of carbonyl (C=O) groups is 1. The Balaban J connectivity index is 2.95. The van der Waals surface area contributed by atoms with Crippen LogP contribution in [0.15, 0.2) is 24.3 Å². The second-order valence-electron chi connectivity index (χ2n) is 5.70. The molecule has 0 aliphatic heterocycles. The highest BCUT2D eigenvalue weighted by atomic mass is 35.5. The summed E-state index contributed by atoms with van der Waals surface area (Å²) in [6, 6.07) is 4.72. The van der Waals surface area contributed by atoms with Crippen LogP contribution in [0.5, 0.6) is 0 Å². The molecular formula is C14H19ClN2O4. The van der Waals surface area contributed by atoms with Crippen molar-refractivity contribution in [1.29, 1.82) is 0 Å². The number of nitro groups is 1. The largest absolute Gasteiger partial charge is 0.444 e. The highest BCUT2D eigenvalue weighted by Gasteiger charge is 2.31. The highest BCUT2D eigenvalue weighted by molar-refractivity contribution is 6.30. The summed E-state index contributed by atoms with van der Waals surface area (Å²) in [4.78, 5) is 22.4. The van der Waals surface area contributed by atoms with Gasteiger partial charge in [-0.15, -0.1) is 0 Å². The van der Waals surface area contributed by atoms with E-state index in [4.69, 9.17) is 16.3 Å². The Morgan fingerprint density at radius 2 is 1.86 bits per heavy atom. The van der Waals surface area contributed by atoms with E-state index in [-0.39, 0.29) is 0 Å². The summed E-state index contributed by atoms with van der Waals surface area (Å²) >= 11 is 5.81. The Morgan fingerprint density at radius 3 is 2.29 bits per heavy atom. The molecule has 1 aromatic rings. The van der Waals surface area contributed by atoms with Gasteiger partial charge in [-0.05, 0) is 38.5 Å². The zero-order valence-electron chi connectivity index (χ0n) is 12.4. The minimum atomic E-state index is -1.00. The molecule has 0 heterocycles. The third-order valence-corrected chi connectivity index (χ3v) is 2.97. The molecule has 21 heavy (non-hydrogen) atoms. The number of amides is 1. The first-order valence-electron chi connectivity index (χ1n) is 6.48. The molecule has 0 fully saturated rings. The zero-order chi connectivity index (χ0) is 16.2. The van der Waals surface area contributed by atoms with Crippen molar-refractivity contribution in [2.75, 3.05) is 0 Å². The van der Waals surface area contributed by atoms with E-state index in [1.807, 2.05) is 0 Å². The molecule has 1 rings (SSSR count). The van der Waals surface area contributed by atoms with E-state index >= 15 is 0 Å². The van der Waals surface area contributed by atoms with Crippen LogP contribution in [-0.2, 0) is 4.74 Å². The lowest BCUT2D eigenvalue weighted by Gasteiger charge is -2.24. The molecule has 0 aromatic heterocycles. The summed E-state index contributed by atoms with van der Waals surface area (Å²) in [6.07, 6.45) is -0.698. The van der Waals surface area contributed by atoms with E-state index in [2.05, 4.69) is 5.32 Å². The number of carbonyl (C=O) groups excluding carboxylic acids is 1. The van der Waals surface area contributed by atoms with Gasteiger partial charge in [-0.25, -0.2) is 4.79 Å². The number of hydrogen-bond acceptors (Lipinski definition) is 4. The third kappa shape index (κ3) is 5.59. The first kappa shape index (κ1) is 17.2. The van der Waals surface area contributed by atoms with Crippen LogP contribution in [0.4, 0.5) is 4.79 Å². The summed E-state index contributed by atoms with van der Waals surface area (Å²) in [5.41, 5.74) is -0.0820. The van der Waals surface area contributed by atoms with Crippen molar-refractivity contribution in [1.82, 2.24) is 5.32 Å². The average molecular weight is 315 g/mol. The Kier molecular flexibility index (Phi) is 5.54. The van der Waals surface area contributed by atoms with Gasteiger partial charge in [0, 0.05) is 16.9 Å². The lowest BCUT2D eigenvalue weighted by Crippen LogP contribution is -2.41. The van der Waals surface area contributed by atoms with Crippen LogP contribution < -0.4 is 5.32 Å². The molecule has 1 amide bonds. The second-order valence-corrected chi connectivity index (χ2v) is 6.14. The molecule has 0 saturated heterocycles. The maximum absolute atomic E-state index is 11.9. The molecule has 7 heteroatoms. The zero-order valence-corrected chi connectivity index (χ0v) is 13.2. The van der Waals surface area contributed by atoms with Crippen molar-refractivity contribution < 1.29 is 14.5 Å². The summed E-state index contributed by atoms with van der Waals surface area (Å²) in [5, 5.41) is 14.1. The number of benzene rings is 1. The standard InChI is InChI=1S/C14H19ClN2O4/c1-9(17(19)20)12(10-5-7-11(15)8-6-10)16-13(18)21-14(2,3)4/h5-9,12H,1-4H3,(H,16,18)/t9-,12-/m0/s1. The van der Waals surface area contributed by atoms with Gasteiger partial charge in [-0.1, -0.05) is 23.7 Å². The molecule has 1 aromatic carbocycles. The molecule has 6 nitrogen and oxygen atoms in total. The van der Waals surface area contributed by atoms with E-state index in [0.717, 1.165) is 0 Å². The van der Waals surface area contributed by atoms with Crippen molar-refractivity contribution in [3.05, 3.63) is 45.0 Å². The monoisotopic (exact) mass is 314 g/mol. The topological polar surface area (TPSA) is 81.5 Å². The average Bonchev–Trinajstić information content (AvgIpc) is 2.34. The van der Waals surface area contributed by atoms with Crippen LogP contribution in [-0.4, -0.2) is 22.7 Å². The normalized spacial score (nSPS) is 14.1. The number of ether oxygens (including phenoxy) is 1. The molecule has 0 aliphatic carbocycles. The molecule has 1 N–H and O–H groups in total. The van der Waals surface area contributed by atoms with Crippen molar-refractivity contribution in [3.8, 4) is 0 Å². The lowest BCUT2D eigenvalue weighted by atomic mass is 10.0. The third-order valence-electron chi connectivity index (χ3n) is 2.72. The number of alkyl carbamates (subject to hydrolysis) is 1. The Labute approximate surface area is 128 Å². The summed E-state index contributed by atoms with van der Waals surface area (Å²) < 4.78 is 5.14. The van der Waals surface area contributed by atoms with Gasteiger partial charge in [0.15, 0.2) is 0 Å². The fourth-order valence-electron chi connectivity index (χ4n) is 1.71. The number of halogens is 1. The predicted molar refractivity (Wildman–Crippen MR) is 80.0 cm³/mol. The van der Waals surface area contributed by atoms with Crippen molar-refractivity contribution in [3.63, 3.8) is 0 Å². The molecular weight excluding hydrogens is 296 g/mol. The van der Waals surface area contributed by atoms with Crippen LogP contribution in [0.25, 0.3) is 0 Å². The molecule has 0 unspecified atom stereocenters. The van der Waals surface area contributed by atoms with Crippen LogP contribution >= 0.6 is 11.6 Å². The van der Waals surface area contributed by atoms with Gasteiger partial charge in [0.1, 0.15) is 11.6 Å². The summed E-state index contributed by atoms with van der Waals surface area (Å²) in [7, 11) is 0. The fraction of sp³-hybridized carbons (Fsp3) is 0.500. The fourth-order valence-corrected chi connectivity index (χ4v) is 1.83. The molecule has 0 saturated carbocycles. The van der Waals surface area contributed by atoms with Gasteiger partial charge in [0.2, 0.25) is 6.04 Å². The first-order chi connectivity index (χ1) is 9.60. The van der Waals surface area contributed by atoms with Gasteiger partial charge in [-0.3, -0.25) is 10.1 Å². The van der Waals surface area contributed by atoms with Crippen LogP contribution in [0.3, 0.4) is 0 Å². The smallest absolute Gasteiger partial charge is 0.408 e. The Morgan fingerprint density at radius 1 is 1.33 bits per heavy atom. The number of nitrogens with zero attached hydrogens (tertiary/aromatic N) is 1. The van der Waals surface area contributed by atoms with Gasteiger partial charge in [-0.2, -0.15) is 0 Å². The molecule has 0 spiro atoms. The Bertz CT molecular complexity index is 511. The van der Waals surface area contributed by atoms with Gasteiger partial charge in [0.05, 0.1) is 0 Å². The van der Waals surface area contributed by atoms with Gasteiger partial charge < -0.3 is 10.1 Å². The quantitative estimate of drug-likeness (QED) is 0.680. The molecule has 0 aliphatic rings. The van der Waals surface area contributed by atoms with E-state index in [1.165, 1.54) is 6.92 Å². The van der Waals surface area contributed by atoms with Crippen LogP contribution in [0, 0.1) is 10.1 Å². The van der Waals surface area contributed by atoms with Crippen molar-refractivity contribution >= 4 is 17.7 Å². The van der Waals surface area contributed by atoms with Gasteiger partial charge in [0.25, 0.3) is 0 Å². The highest BCUT2D eigenvalue weighted by Crippen LogP contribution is 2.22. The van der Waals surface area contributed by atoms with Crippen LogP contribution in [0.2, 0.25) is 5.02 Å². The predicted octanol–water partition coefficient (Wildman–Crippen LogP) is 3.57. The molecule has 2 atom stereocenters. The molecule has 0 radical (unpaired) electrons. The lowest BCUT2D eigenvalue weighted by molar-refractivity contribution is -0.523. The summed E-state index contributed by atoms with van der Waals surface area (Å²) in [6.45, 7) is 6.60. The van der Waals surface area contributed by atoms with Gasteiger partial charge >= 0.3 is 6.09 Å². The minimum absolute atomic E-state index is 0.448. The second kappa shape index (κ2) is 6.76. The maximum atomic E-state index is 11.9. The first-order valence-corrected chi connectivity index (χ1v) is 6.86. The van der Waals surface area contributed by atoms with E-state index in [0.29, 0.717) is 10.6 Å². The van der Waals surface area contributed by atoms with E-state index in [9.17, 15) is 14.9 Å². The number of nitrogens with one attached hydrogen (secondary N) is 1. The van der Waals surface area contributed by atoms with E-state index in [1.54, 1.807) is 45.0 Å². The molecule has 116 valence electrons. The Hall–Kier alpha value is -1.82. The van der Waals surface area contributed by atoms with Crippen molar-refractivity contribution in [2.24, 2.45) is 0 Å². The number of rotatable bonds is 4. The minimum Gasteiger partial charge on any atom is -0.444 e. The van der Waals surface area contributed by atoms with Crippen LogP contribution in [0.1, 0.15) is 39.3 Å². The SMILES string of the molecule is C[C@@H]([C@H](NC(=O)OC(C)(C)C)c1ccc(Cl)cc1)[N+](=O)[O-]. The number of hydrogen-bond donors (Lipinski definition) is 1. The van der Waals surface area contributed by atoms with E-state index < -0.39 is 28.7 Å². The molecule has 0 bridgehead atoms. The maximum Gasteiger partial charge on any atom is 0.408 e. The van der Waals surface area contributed by atoms with Crippen molar-refractivity contribution in [2.45, 2.75) is 45.4 Å². The summed E-state index contributed by atoms with van der Waals surface area (Å²) in [5.74, 6) is 0.